The number of piperazine rings is 1. The summed E-state index contributed by atoms with van der Waals surface area (Å²) in [4.78, 5) is 27.1. The number of carbonyl (C=O) groups excluding carboxylic acids is 2. The van der Waals surface area contributed by atoms with Crippen molar-refractivity contribution in [2.45, 2.75) is 6.43 Å². The Kier molecular flexibility index (Phi) is 4.80. The Bertz CT molecular complexity index is 289. The summed E-state index contributed by atoms with van der Waals surface area (Å²) in [6.07, 6.45) is -2.96. The fourth-order valence-electron chi connectivity index (χ4n) is 1.68. The minimum Gasteiger partial charge on any atom is -0.338 e. The molecule has 98 valence electrons. The maximum Gasteiger partial charge on any atom is 0.315 e. The summed E-state index contributed by atoms with van der Waals surface area (Å²) in [6, 6.07) is 0. The van der Waals surface area contributed by atoms with Crippen LogP contribution in [0.1, 0.15) is 0 Å². The highest BCUT2D eigenvalue weighted by Crippen LogP contribution is 2.07. The molecule has 0 aromatic heterocycles. The van der Waals surface area contributed by atoms with Gasteiger partial charge in [-0.15, -0.1) is 0 Å². The van der Waals surface area contributed by atoms with E-state index in [1.165, 1.54) is 0 Å². The molecule has 1 aliphatic heterocycles. The van der Waals surface area contributed by atoms with Gasteiger partial charge < -0.3 is 14.7 Å². The molecule has 0 saturated carbocycles. The molecule has 1 saturated heterocycles. The van der Waals surface area contributed by atoms with Crippen molar-refractivity contribution in [1.29, 1.82) is 0 Å². The van der Waals surface area contributed by atoms with Gasteiger partial charge in [0.15, 0.2) is 0 Å². The van der Waals surface area contributed by atoms with Crippen LogP contribution in [-0.2, 0) is 9.59 Å². The van der Waals surface area contributed by atoms with Gasteiger partial charge in [0.1, 0.15) is 0 Å². The van der Waals surface area contributed by atoms with Crippen LogP contribution in [-0.4, -0.2) is 79.8 Å². The lowest BCUT2D eigenvalue weighted by atomic mass is 10.3. The van der Waals surface area contributed by atoms with Crippen molar-refractivity contribution in [1.82, 2.24) is 14.7 Å². The van der Waals surface area contributed by atoms with Crippen LogP contribution in [0.5, 0.6) is 0 Å². The first-order valence-electron chi connectivity index (χ1n) is 5.41. The molecule has 0 aliphatic carbocycles. The van der Waals surface area contributed by atoms with E-state index in [-0.39, 0.29) is 19.0 Å². The van der Waals surface area contributed by atoms with Crippen molar-refractivity contribution in [3.05, 3.63) is 0 Å². The van der Waals surface area contributed by atoms with Crippen LogP contribution >= 0.6 is 0 Å². The fourth-order valence-corrected chi connectivity index (χ4v) is 1.68. The van der Waals surface area contributed by atoms with E-state index in [4.69, 9.17) is 0 Å². The zero-order chi connectivity index (χ0) is 13.0. The summed E-state index contributed by atoms with van der Waals surface area (Å²) in [5.74, 6) is -1.19. The number of amides is 2. The minimum atomic E-state index is -2.96. The van der Waals surface area contributed by atoms with Crippen LogP contribution in [0.4, 0.5) is 8.78 Å². The van der Waals surface area contributed by atoms with Crippen molar-refractivity contribution in [2.75, 3.05) is 46.8 Å². The summed E-state index contributed by atoms with van der Waals surface area (Å²) < 4.78 is 24.3. The second-order valence-corrected chi connectivity index (χ2v) is 4.24. The summed E-state index contributed by atoms with van der Waals surface area (Å²) in [7, 11) is 3.57. The third-order valence-corrected chi connectivity index (χ3v) is 2.58. The van der Waals surface area contributed by atoms with Gasteiger partial charge in [0.2, 0.25) is 5.91 Å². The summed E-state index contributed by atoms with van der Waals surface area (Å²) in [5, 5.41) is 0. The van der Waals surface area contributed by atoms with Crippen LogP contribution < -0.4 is 0 Å². The van der Waals surface area contributed by atoms with Gasteiger partial charge in [-0.3, -0.25) is 9.59 Å². The number of halogens is 2. The molecule has 0 spiro atoms. The number of nitrogens with zero attached hydrogens (tertiary/aromatic N) is 3. The van der Waals surface area contributed by atoms with Gasteiger partial charge in [-0.25, -0.2) is 0 Å². The average molecular weight is 249 g/mol. The maximum absolute atomic E-state index is 12.2. The van der Waals surface area contributed by atoms with Crippen LogP contribution in [0.2, 0.25) is 0 Å². The first-order valence-corrected chi connectivity index (χ1v) is 5.41. The standard InChI is InChI=1S/C10H17F2N3O2/c1-13(2)7-8(16)14-3-5-15(6-4-14)10(17)9(11)12/h9H,3-7H2,1-2H3. The van der Waals surface area contributed by atoms with E-state index in [0.29, 0.717) is 19.6 Å². The summed E-state index contributed by atoms with van der Waals surface area (Å²) in [5.41, 5.74) is 0. The third-order valence-electron chi connectivity index (χ3n) is 2.58. The van der Waals surface area contributed by atoms with E-state index in [1.807, 2.05) is 0 Å². The molecule has 0 atom stereocenters. The predicted octanol–water partition coefficient (Wildman–Crippen LogP) is -0.516. The number of hydrogen-bond acceptors (Lipinski definition) is 3. The maximum atomic E-state index is 12.2. The molecule has 7 heteroatoms. The van der Waals surface area contributed by atoms with Crippen molar-refractivity contribution in [3.8, 4) is 0 Å². The molecule has 0 N–H and O–H groups in total. The largest absolute Gasteiger partial charge is 0.338 e. The monoisotopic (exact) mass is 249 g/mol. The first kappa shape index (κ1) is 13.8. The molecule has 5 nitrogen and oxygen atoms in total. The molecule has 0 unspecified atom stereocenters. The Labute approximate surface area is 99.0 Å². The molecule has 0 aromatic rings. The highest BCUT2D eigenvalue weighted by Gasteiger charge is 2.28. The van der Waals surface area contributed by atoms with E-state index >= 15 is 0 Å². The molecule has 1 heterocycles. The molecule has 0 aromatic carbocycles. The van der Waals surface area contributed by atoms with E-state index in [2.05, 4.69) is 0 Å². The normalized spacial score (nSPS) is 16.8. The highest BCUT2D eigenvalue weighted by molar-refractivity contribution is 5.81. The minimum absolute atomic E-state index is 0.0425. The van der Waals surface area contributed by atoms with E-state index in [0.717, 1.165) is 4.90 Å². The third kappa shape index (κ3) is 3.92. The molecule has 0 bridgehead atoms. The Morgan fingerprint density at radius 2 is 1.59 bits per heavy atom. The van der Waals surface area contributed by atoms with E-state index in [9.17, 15) is 18.4 Å². The molecule has 1 fully saturated rings. The summed E-state index contributed by atoms with van der Waals surface area (Å²) in [6.45, 7) is 1.31. The second-order valence-electron chi connectivity index (χ2n) is 4.24. The van der Waals surface area contributed by atoms with Crippen molar-refractivity contribution >= 4 is 11.8 Å². The quantitative estimate of drug-likeness (QED) is 0.676. The fraction of sp³-hybridized carbons (Fsp3) is 0.800. The Morgan fingerprint density at radius 1 is 1.12 bits per heavy atom. The van der Waals surface area contributed by atoms with Gasteiger partial charge in [-0.05, 0) is 14.1 Å². The molecular formula is C10H17F2N3O2. The Balaban J connectivity index is 2.40. The van der Waals surface area contributed by atoms with Gasteiger partial charge in [0.05, 0.1) is 6.54 Å². The van der Waals surface area contributed by atoms with Gasteiger partial charge in [0.25, 0.3) is 5.91 Å². The lowest BCUT2D eigenvalue weighted by Gasteiger charge is -2.35. The molecule has 0 radical (unpaired) electrons. The van der Waals surface area contributed by atoms with E-state index < -0.39 is 12.3 Å². The number of carbonyl (C=O) groups is 2. The smallest absolute Gasteiger partial charge is 0.315 e. The van der Waals surface area contributed by atoms with E-state index in [1.54, 1.807) is 23.9 Å². The summed E-state index contributed by atoms with van der Waals surface area (Å²) >= 11 is 0. The average Bonchev–Trinajstić information content (AvgIpc) is 2.27. The molecule has 17 heavy (non-hydrogen) atoms. The van der Waals surface area contributed by atoms with Gasteiger partial charge in [-0.1, -0.05) is 0 Å². The molecule has 2 amide bonds. The van der Waals surface area contributed by atoms with Crippen LogP contribution in [0, 0.1) is 0 Å². The van der Waals surface area contributed by atoms with Gasteiger partial charge in [0, 0.05) is 26.2 Å². The zero-order valence-electron chi connectivity index (χ0n) is 10.0. The lowest BCUT2D eigenvalue weighted by molar-refractivity contribution is -0.147. The highest BCUT2D eigenvalue weighted by atomic mass is 19.3. The Morgan fingerprint density at radius 3 is 2.00 bits per heavy atom. The lowest BCUT2D eigenvalue weighted by Crippen LogP contribution is -2.53. The van der Waals surface area contributed by atoms with Gasteiger partial charge in [-0.2, -0.15) is 8.78 Å². The van der Waals surface area contributed by atoms with Crippen LogP contribution in [0.15, 0.2) is 0 Å². The first-order chi connectivity index (χ1) is 7.91. The predicted molar refractivity (Wildman–Crippen MR) is 57.7 cm³/mol. The number of rotatable bonds is 3. The van der Waals surface area contributed by atoms with Crippen molar-refractivity contribution in [3.63, 3.8) is 0 Å². The number of alkyl halides is 2. The van der Waals surface area contributed by atoms with Crippen molar-refractivity contribution in [2.24, 2.45) is 0 Å². The second kappa shape index (κ2) is 5.90. The Hall–Kier alpha value is -1.24. The van der Waals surface area contributed by atoms with Crippen LogP contribution in [0.25, 0.3) is 0 Å². The van der Waals surface area contributed by atoms with Crippen molar-refractivity contribution < 1.29 is 18.4 Å². The number of likely N-dealkylation sites (N-methyl/N-ethyl adjacent to an activating group) is 1. The van der Waals surface area contributed by atoms with Crippen LogP contribution in [0.3, 0.4) is 0 Å². The zero-order valence-corrected chi connectivity index (χ0v) is 10.0. The molecule has 1 aliphatic rings. The SMILES string of the molecule is CN(C)CC(=O)N1CCN(C(=O)C(F)F)CC1. The molecular weight excluding hydrogens is 232 g/mol. The molecule has 1 rings (SSSR count). The number of hydrogen-bond donors (Lipinski definition) is 0. The van der Waals surface area contributed by atoms with Gasteiger partial charge >= 0.3 is 6.43 Å². The topological polar surface area (TPSA) is 43.9 Å².